The van der Waals surface area contributed by atoms with Gasteiger partial charge in [-0.15, -0.1) is 23.5 Å². The van der Waals surface area contributed by atoms with Gasteiger partial charge in [-0.05, 0) is 240 Å². The van der Waals surface area contributed by atoms with Crippen LogP contribution in [0.3, 0.4) is 0 Å². The molecule has 3 unspecified atom stereocenters. The van der Waals surface area contributed by atoms with Gasteiger partial charge in [-0.25, -0.2) is 0 Å². The maximum atomic E-state index is 13.4. The molecule has 0 aromatic heterocycles. The maximum absolute atomic E-state index is 13.4. The highest BCUT2D eigenvalue weighted by Crippen LogP contribution is 2.53. The van der Waals surface area contributed by atoms with Crippen LogP contribution in [-0.4, -0.2) is 14.5 Å². The van der Waals surface area contributed by atoms with E-state index in [9.17, 15) is 18.4 Å². The summed E-state index contributed by atoms with van der Waals surface area (Å²) in [5, 5.41) is 10.6. The minimum atomic E-state index is -2.52. The smallest absolute Gasteiger partial charge is 0.344 e. The fraction of sp³-hybridized carbons (Fsp3) is 0.174. The number of nitriles is 1. The van der Waals surface area contributed by atoms with Crippen molar-refractivity contribution < 1.29 is 22.6 Å². The third-order valence-electron chi connectivity index (χ3n) is 20.2. The van der Waals surface area contributed by atoms with Crippen LogP contribution in [-0.2, 0) is 6.61 Å². The van der Waals surface area contributed by atoms with E-state index in [1.165, 1.54) is 39.9 Å². The minimum absolute atomic E-state index is 0.0432. The van der Waals surface area contributed by atoms with Gasteiger partial charge in [-0.3, -0.25) is 0 Å². The summed E-state index contributed by atoms with van der Waals surface area (Å²) in [4.78, 5) is 4.63. The van der Waals surface area contributed by atoms with Crippen molar-refractivity contribution in [1.82, 2.24) is 0 Å². The standard InChI is InChI=1S/C92H82F3N3O2S3/c1-8-92(6,90(2,3)63-96)61-77(75-44-58-84(59-45-75)99-62-64-24-56-85(57-25-64)100-88(95)87(93)94)60-86(91(4,5)103-89(101)102-7)76-32-30-69(31-33-76)67-26-28-68(29-27-67)72-38-50-79(51-39-72)97(78-22-16-11-17-23-78)80-52-40-73(41-53-80)74-42-54-83(55-43-74)98(81-46-34-70(35-47-81)65-18-12-9-13-19-65)82-48-36-71(37-49-82)66-20-14-10-15-21-66/h9-59,77,86H,8,60-62H2,1-7H3. The van der Waals surface area contributed by atoms with Crippen LogP contribution in [0.5, 0.6) is 11.5 Å². The van der Waals surface area contributed by atoms with Gasteiger partial charge in [0.25, 0.3) is 0 Å². The lowest BCUT2D eigenvalue weighted by Crippen LogP contribution is -2.36. The van der Waals surface area contributed by atoms with Crippen molar-refractivity contribution in [1.29, 1.82) is 5.26 Å². The second-order valence-electron chi connectivity index (χ2n) is 27.3. The second-order valence-corrected chi connectivity index (χ2v) is 31.0. The molecule has 12 aromatic carbocycles. The molecule has 0 spiro atoms. The van der Waals surface area contributed by atoms with Crippen LogP contribution in [0.2, 0.25) is 0 Å². The van der Waals surface area contributed by atoms with Gasteiger partial charge in [0, 0.05) is 38.9 Å². The van der Waals surface area contributed by atoms with E-state index in [-0.39, 0.29) is 34.4 Å². The van der Waals surface area contributed by atoms with E-state index >= 15 is 0 Å². The number of rotatable bonds is 26. The van der Waals surface area contributed by atoms with Gasteiger partial charge in [0.05, 0.1) is 11.5 Å². The summed E-state index contributed by atoms with van der Waals surface area (Å²) in [5.74, 6) is 0.713. The Bertz CT molecular complexity index is 4760. The van der Waals surface area contributed by atoms with Crippen molar-refractivity contribution in [3.63, 3.8) is 0 Å². The van der Waals surface area contributed by atoms with Gasteiger partial charge in [0.15, 0.2) is 0 Å². The SMILES string of the molecule is CCC(C)(CC(CC(c1ccc(-c2ccc(-c3ccc(N(c4ccccc4)c4ccc(-c5ccc(N(c6ccc(-c7ccccc7)cc6)c6ccc(-c7ccccc7)cc6)cc5)cc4)cc3)cc2)cc1)C(C)(C)SC(=S)SC)c1ccc(OCc2ccc(OC(F)=C(F)F)cc2)cc1)C(C)(C)C#N. The molecule has 0 aliphatic carbocycles. The van der Waals surface area contributed by atoms with E-state index in [4.69, 9.17) is 17.0 Å². The molecule has 0 radical (unpaired) electrons. The van der Waals surface area contributed by atoms with Gasteiger partial charge < -0.3 is 19.3 Å². The Morgan fingerprint density at radius 3 is 1.13 bits per heavy atom. The number of halogens is 3. The molecule has 0 heterocycles. The van der Waals surface area contributed by atoms with E-state index in [0.29, 0.717) is 5.75 Å². The molecule has 0 aliphatic heterocycles. The van der Waals surface area contributed by atoms with Crippen LogP contribution in [0.15, 0.2) is 321 Å². The first-order valence-corrected chi connectivity index (χ1v) is 37.2. The highest BCUT2D eigenvalue weighted by atomic mass is 32.2. The highest BCUT2D eigenvalue weighted by molar-refractivity contribution is 8.47. The van der Waals surface area contributed by atoms with E-state index < -0.39 is 17.5 Å². The lowest BCUT2D eigenvalue weighted by Gasteiger charge is -2.44. The third kappa shape index (κ3) is 17.4. The van der Waals surface area contributed by atoms with E-state index in [2.05, 4.69) is 335 Å². The average Bonchev–Trinajstić information content (AvgIpc) is 0.794. The first-order valence-electron chi connectivity index (χ1n) is 34.7. The van der Waals surface area contributed by atoms with Crippen LogP contribution in [0.1, 0.15) is 89.3 Å². The van der Waals surface area contributed by atoms with Crippen molar-refractivity contribution in [3.8, 4) is 73.2 Å². The van der Waals surface area contributed by atoms with Crippen molar-refractivity contribution in [2.24, 2.45) is 10.8 Å². The van der Waals surface area contributed by atoms with Crippen LogP contribution >= 0.6 is 35.7 Å². The average molecular weight is 1410 g/mol. The van der Waals surface area contributed by atoms with Crippen LogP contribution < -0.4 is 19.3 Å². The Kier molecular flexibility index (Phi) is 23.0. The molecule has 0 fully saturated rings. The molecule has 0 saturated carbocycles. The molecule has 0 bridgehead atoms. The zero-order chi connectivity index (χ0) is 72.1. The summed E-state index contributed by atoms with van der Waals surface area (Å²) in [6.45, 7) is 13.3. The number of thioether (sulfide) groups is 2. The normalized spacial score (nSPS) is 12.6. The van der Waals surface area contributed by atoms with Gasteiger partial charge in [-0.2, -0.15) is 18.4 Å². The summed E-state index contributed by atoms with van der Waals surface area (Å²) in [6, 6.07) is 109. The van der Waals surface area contributed by atoms with E-state index in [1.807, 2.05) is 18.4 Å². The highest BCUT2D eigenvalue weighted by Gasteiger charge is 2.44. The molecule has 103 heavy (non-hydrogen) atoms. The Balaban J connectivity index is 0.756. The molecule has 5 nitrogen and oxygen atoms in total. The monoisotopic (exact) mass is 1410 g/mol. The Morgan fingerprint density at radius 2 is 0.767 bits per heavy atom. The summed E-state index contributed by atoms with van der Waals surface area (Å²) in [5.41, 5.74) is 20.0. The Morgan fingerprint density at radius 1 is 0.437 bits per heavy atom. The molecule has 12 rings (SSSR count). The quantitative estimate of drug-likeness (QED) is 0.0393. The predicted octanol–water partition coefficient (Wildman–Crippen LogP) is 27.7. The van der Waals surface area contributed by atoms with Gasteiger partial charge >= 0.3 is 12.1 Å². The lowest BCUT2D eigenvalue weighted by molar-refractivity contribution is 0.111. The number of ether oxygens (including phenoxy) is 2. The molecule has 516 valence electrons. The third-order valence-corrected chi connectivity index (χ3v) is 23.0. The number of anilines is 6. The zero-order valence-corrected chi connectivity index (χ0v) is 61.4. The first kappa shape index (κ1) is 72.4. The van der Waals surface area contributed by atoms with Crippen LogP contribution in [0, 0.1) is 22.2 Å². The van der Waals surface area contributed by atoms with Gasteiger partial charge in [0.2, 0.25) is 0 Å². The summed E-state index contributed by atoms with van der Waals surface area (Å²) < 4.78 is 50.1. The fourth-order valence-electron chi connectivity index (χ4n) is 13.6. The topological polar surface area (TPSA) is 48.7 Å². The molecule has 12 aromatic rings. The summed E-state index contributed by atoms with van der Waals surface area (Å²) in [6.07, 6.45) is 1.91. The van der Waals surface area contributed by atoms with Crippen molar-refractivity contribution >= 4 is 73.4 Å². The Hall–Kier alpha value is -10.4. The van der Waals surface area contributed by atoms with Crippen molar-refractivity contribution in [2.75, 3.05) is 16.1 Å². The predicted molar refractivity (Wildman–Crippen MR) is 431 cm³/mol. The molecule has 0 aliphatic rings. The minimum Gasteiger partial charge on any atom is -0.489 e. The van der Waals surface area contributed by atoms with Crippen LogP contribution in [0.25, 0.3) is 55.6 Å². The maximum Gasteiger partial charge on any atom is 0.344 e. The second kappa shape index (κ2) is 32.7. The van der Waals surface area contributed by atoms with E-state index in [1.54, 1.807) is 35.7 Å². The number of hydrogen-bond donors (Lipinski definition) is 0. The van der Waals surface area contributed by atoms with Gasteiger partial charge in [0.1, 0.15) is 21.6 Å². The number of benzene rings is 12. The largest absolute Gasteiger partial charge is 0.489 e. The Labute approximate surface area is 619 Å². The summed E-state index contributed by atoms with van der Waals surface area (Å²) in [7, 11) is 0. The molecule has 11 heteroatoms. The van der Waals surface area contributed by atoms with E-state index in [0.717, 1.165) is 101 Å². The number of nitrogens with zero attached hydrogens (tertiary/aromatic N) is 3. The molecular weight excluding hydrogens is 1330 g/mol. The molecule has 3 atom stereocenters. The molecular formula is C92H82F3N3O2S3. The number of para-hydroxylation sites is 1. The van der Waals surface area contributed by atoms with Gasteiger partial charge in [-0.1, -0.05) is 238 Å². The van der Waals surface area contributed by atoms with Crippen molar-refractivity contribution in [2.45, 2.75) is 84.0 Å². The fourth-order valence-corrected chi connectivity index (χ4v) is 16.0. The van der Waals surface area contributed by atoms with Crippen molar-refractivity contribution in [3.05, 3.63) is 338 Å². The lowest BCUT2D eigenvalue weighted by atomic mass is 9.60. The number of thiocarbonyl (C=S) groups is 1. The summed E-state index contributed by atoms with van der Waals surface area (Å²) >= 11 is 9.27. The molecule has 0 amide bonds. The van der Waals surface area contributed by atoms with Crippen LogP contribution in [0.4, 0.5) is 47.3 Å². The molecule has 0 saturated heterocycles. The molecule has 0 N–H and O–H groups in total. The first-order chi connectivity index (χ1) is 49.9. The number of hydrogen-bond acceptors (Lipinski definition) is 8. The zero-order valence-electron chi connectivity index (χ0n) is 58.9.